The van der Waals surface area contributed by atoms with Crippen LogP contribution in [0.1, 0.15) is 45.1 Å². The molecule has 1 unspecified atom stereocenters. The fourth-order valence-electron chi connectivity index (χ4n) is 4.60. The second-order valence-electron chi connectivity index (χ2n) is 8.75. The monoisotopic (exact) mass is 418 g/mol. The molecule has 0 saturated heterocycles. The van der Waals surface area contributed by atoms with E-state index in [9.17, 15) is 14.7 Å². The molecular weight excluding hydrogens is 388 g/mol. The number of benzene rings is 1. The lowest BCUT2D eigenvalue weighted by Gasteiger charge is -2.46. The SMILES string of the molecule is C=CCC1CC2=C(OC1(C)C)/C(=C(/O)c1ccccc1)C(=O)C(CC=C)(CC=C)C2=O. The second kappa shape index (κ2) is 8.54. The number of carbonyl (C=O) groups is 2. The lowest BCUT2D eigenvalue weighted by Crippen LogP contribution is -2.50. The number of rotatable bonds is 7. The molecule has 1 N–H and O–H groups in total. The summed E-state index contributed by atoms with van der Waals surface area (Å²) in [5, 5.41) is 11.2. The fraction of sp³-hybridized carbons (Fsp3) is 0.333. The van der Waals surface area contributed by atoms with Crippen LogP contribution in [0.25, 0.3) is 5.76 Å². The van der Waals surface area contributed by atoms with Gasteiger partial charge in [-0.2, -0.15) is 0 Å². The maximum atomic E-state index is 13.9. The summed E-state index contributed by atoms with van der Waals surface area (Å²) >= 11 is 0. The van der Waals surface area contributed by atoms with Gasteiger partial charge in [0, 0.05) is 17.1 Å². The Morgan fingerprint density at radius 2 is 1.68 bits per heavy atom. The van der Waals surface area contributed by atoms with Crippen LogP contribution >= 0.6 is 0 Å². The van der Waals surface area contributed by atoms with Crippen LogP contribution in [0, 0.1) is 11.3 Å². The fourth-order valence-corrected chi connectivity index (χ4v) is 4.60. The van der Waals surface area contributed by atoms with Gasteiger partial charge < -0.3 is 9.84 Å². The Morgan fingerprint density at radius 3 is 2.23 bits per heavy atom. The third-order valence-electron chi connectivity index (χ3n) is 6.39. The number of aliphatic hydroxyl groups excluding tert-OH is 1. The Hall–Kier alpha value is -3.14. The van der Waals surface area contributed by atoms with Crippen LogP contribution in [0.3, 0.4) is 0 Å². The van der Waals surface area contributed by atoms with Gasteiger partial charge in [-0.1, -0.05) is 48.6 Å². The van der Waals surface area contributed by atoms with Crippen molar-refractivity contribution in [3.63, 3.8) is 0 Å². The Balaban J connectivity index is 2.33. The highest BCUT2D eigenvalue weighted by Crippen LogP contribution is 2.51. The minimum Gasteiger partial charge on any atom is -0.506 e. The van der Waals surface area contributed by atoms with E-state index in [4.69, 9.17) is 4.74 Å². The summed E-state index contributed by atoms with van der Waals surface area (Å²) < 4.78 is 6.31. The van der Waals surface area contributed by atoms with Crippen molar-refractivity contribution in [3.8, 4) is 0 Å². The van der Waals surface area contributed by atoms with E-state index < -0.39 is 16.8 Å². The predicted octanol–water partition coefficient (Wildman–Crippen LogP) is 5.89. The Bertz CT molecular complexity index is 981. The maximum Gasteiger partial charge on any atom is 0.184 e. The first-order valence-corrected chi connectivity index (χ1v) is 10.6. The summed E-state index contributed by atoms with van der Waals surface area (Å²) in [4.78, 5) is 27.6. The molecule has 4 heteroatoms. The number of aliphatic hydroxyl groups is 1. The highest BCUT2D eigenvalue weighted by atomic mass is 16.5. The summed E-state index contributed by atoms with van der Waals surface area (Å²) in [6.45, 7) is 15.3. The van der Waals surface area contributed by atoms with Gasteiger partial charge in [-0.15, -0.1) is 19.7 Å². The number of hydrogen-bond donors (Lipinski definition) is 1. The molecule has 1 heterocycles. The van der Waals surface area contributed by atoms with Crippen molar-refractivity contribution in [2.24, 2.45) is 11.3 Å². The number of ether oxygens (including phenoxy) is 1. The third-order valence-corrected chi connectivity index (χ3v) is 6.39. The van der Waals surface area contributed by atoms with E-state index >= 15 is 0 Å². The van der Waals surface area contributed by atoms with Crippen molar-refractivity contribution in [3.05, 3.63) is 90.8 Å². The molecule has 31 heavy (non-hydrogen) atoms. The van der Waals surface area contributed by atoms with Crippen molar-refractivity contribution in [1.29, 1.82) is 0 Å². The van der Waals surface area contributed by atoms with Crippen LogP contribution in [0.4, 0.5) is 0 Å². The molecule has 1 aliphatic carbocycles. The average molecular weight is 419 g/mol. The molecule has 0 fully saturated rings. The molecule has 1 aromatic rings. The van der Waals surface area contributed by atoms with Crippen LogP contribution in [-0.2, 0) is 14.3 Å². The zero-order valence-electron chi connectivity index (χ0n) is 18.3. The zero-order valence-corrected chi connectivity index (χ0v) is 18.3. The van der Waals surface area contributed by atoms with E-state index in [0.717, 1.165) is 0 Å². The van der Waals surface area contributed by atoms with Crippen LogP contribution in [0.15, 0.2) is 85.2 Å². The first-order valence-electron chi connectivity index (χ1n) is 10.6. The molecule has 0 aromatic heterocycles. The number of hydrogen-bond acceptors (Lipinski definition) is 4. The largest absolute Gasteiger partial charge is 0.506 e. The van der Waals surface area contributed by atoms with E-state index in [-0.39, 0.29) is 41.6 Å². The van der Waals surface area contributed by atoms with Gasteiger partial charge in [0.15, 0.2) is 11.6 Å². The van der Waals surface area contributed by atoms with E-state index in [0.29, 0.717) is 24.0 Å². The van der Waals surface area contributed by atoms with Crippen molar-refractivity contribution >= 4 is 17.3 Å². The van der Waals surface area contributed by atoms with Gasteiger partial charge in [0.2, 0.25) is 0 Å². The molecule has 1 aliphatic heterocycles. The maximum absolute atomic E-state index is 13.9. The highest BCUT2D eigenvalue weighted by molar-refractivity contribution is 6.26. The predicted molar refractivity (Wildman–Crippen MR) is 123 cm³/mol. The molecule has 4 nitrogen and oxygen atoms in total. The molecule has 0 radical (unpaired) electrons. The molecular formula is C27H30O4. The second-order valence-corrected chi connectivity index (χ2v) is 8.75. The number of ketones is 2. The summed E-state index contributed by atoms with van der Waals surface area (Å²) in [7, 11) is 0. The number of Topliss-reactive ketones (excluding diaryl/α,β-unsaturated/α-hetero) is 2. The third kappa shape index (κ3) is 3.71. The highest BCUT2D eigenvalue weighted by Gasteiger charge is 2.55. The lowest BCUT2D eigenvalue weighted by atomic mass is 9.62. The van der Waals surface area contributed by atoms with E-state index in [1.54, 1.807) is 36.4 Å². The Labute approximate surface area is 184 Å². The molecule has 0 spiro atoms. The summed E-state index contributed by atoms with van der Waals surface area (Å²) in [6, 6.07) is 8.85. The van der Waals surface area contributed by atoms with Crippen LogP contribution in [-0.4, -0.2) is 22.3 Å². The van der Waals surface area contributed by atoms with Crippen molar-refractivity contribution in [2.45, 2.75) is 45.1 Å². The summed E-state index contributed by atoms with van der Waals surface area (Å²) in [6.07, 6.45) is 6.42. The van der Waals surface area contributed by atoms with Crippen LogP contribution in [0.2, 0.25) is 0 Å². The molecule has 0 amide bonds. The molecule has 162 valence electrons. The van der Waals surface area contributed by atoms with E-state index in [1.807, 2.05) is 26.0 Å². The van der Waals surface area contributed by atoms with Gasteiger partial charge in [0.05, 0.1) is 0 Å². The van der Waals surface area contributed by atoms with E-state index in [1.165, 1.54) is 0 Å². The summed E-state index contributed by atoms with van der Waals surface area (Å²) in [5.74, 6) is -0.672. The minimum absolute atomic E-state index is 0.0196. The van der Waals surface area contributed by atoms with Gasteiger partial charge >= 0.3 is 0 Å². The number of carbonyl (C=O) groups excluding carboxylic acids is 2. The van der Waals surface area contributed by atoms with Gasteiger partial charge in [-0.25, -0.2) is 0 Å². The smallest absolute Gasteiger partial charge is 0.184 e. The summed E-state index contributed by atoms with van der Waals surface area (Å²) in [5.41, 5.74) is -0.995. The first kappa shape index (κ1) is 22.5. The van der Waals surface area contributed by atoms with Crippen molar-refractivity contribution < 1.29 is 19.4 Å². The minimum atomic E-state index is -1.37. The number of allylic oxidation sites excluding steroid dienone is 5. The normalized spacial score (nSPS) is 23.5. The Kier molecular flexibility index (Phi) is 6.21. The molecule has 0 bridgehead atoms. The van der Waals surface area contributed by atoms with E-state index in [2.05, 4.69) is 19.7 Å². The van der Waals surface area contributed by atoms with Crippen molar-refractivity contribution in [1.82, 2.24) is 0 Å². The van der Waals surface area contributed by atoms with Crippen LogP contribution < -0.4 is 0 Å². The molecule has 1 aromatic carbocycles. The van der Waals surface area contributed by atoms with Crippen LogP contribution in [0.5, 0.6) is 0 Å². The van der Waals surface area contributed by atoms with Crippen molar-refractivity contribution in [2.75, 3.05) is 0 Å². The van der Waals surface area contributed by atoms with Gasteiger partial charge in [-0.3, -0.25) is 9.59 Å². The standard InChI is InChI=1S/C27H30O4/c1-6-12-19-17-20-23(31-26(19,4)5)21(22(28)18-13-10-9-11-14-18)25(30)27(15-7-2,16-8-3)24(20)29/h6-11,13-14,19,28H,1-3,12,15-17H2,4-5H3/b22-21-. The molecule has 2 aliphatic rings. The topological polar surface area (TPSA) is 63.6 Å². The first-order chi connectivity index (χ1) is 14.7. The zero-order chi connectivity index (χ0) is 22.8. The van der Waals surface area contributed by atoms with Gasteiger partial charge in [0.1, 0.15) is 28.1 Å². The molecule has 3 rings (SSSR count). The quantitative estimate of drug-likeness (QED) is 0.259. The molecule has 0 saturated carbocycles. The molecule has 1 atom stereocenters. The average Bonchev–Trinajstić information content (AvgIpc) is 2.74. The lowest BCUT2D eigenvalue weighted by molar-refractivity contribution is -0.139. The van der Waals surface area contributed by atoms with Gasteiger partial charge in [0.25, 0.3) is 0 Å². The Morgan fingerprint density at radius 1 is 1.06 bits per heavy atom. The van der Waals surface area contributed by atoms with Gasteiger partial charge in [-0.05, 0) is 39.5 Å².